The highest BCUT2D eigenvalue weighted by atomic mass is 16.5. The van der Waals surface area contributed by atoms with E-state index in [4.69, 9.17) is 9.47 Å². The summed E-state index contributed by atoms with van der Waals surface area (Å²) in [7, 11) is 0. The van der Waals surface area contributed by atoms with Gasteiger partial charge in [0.1, 0.15) is 5.75 Å². The van der Waals surface area contributed by atoms with Crippen LogP contribution in [0.2, 0.25) is 0 Å². The minimum atomic E-state index is -0.105. The van der Waals surface area contributed by atoms with Crippen LogP contribution in [0.25, 0.3) is 0 Å². The van der Waals surface area contributed by atoms with Crippen molar-refractivity contribution in [2.75, 3.05) is 26.4 Å². The molecule has 2 aliphatic heterocycles. The molecular weight excluding hydrogens is 254 g/mol. The van der Waals surface area contributed by atoms with E-state index in [9.17, 15) is 4.79 Å². The Hall–Kier alpha value is -1.39. The van der Waals surface area contributed by atoms with Gasteiger partial charge in [-0.15, -0.1) is 0 Å². The van der Waals surface area contributed by atoms with E-state index < -0.39 is 0 Å². The van der Waals surface area contributed by atoms with Crippen LogP contribution < -0.4 is 10.1 Å². The fourth-order valence-electron chi connectivity index (χ4n) is 3.06. The van der Waals surface area contributed by atoms with Crippen molar-refractivity contribution in [1.82, 2.24) is 5.32 Å². The van der Waals surface area contributed by atoms with Crippen molar-refractivity contribution in [3.63, 3.8) is 0 Å². The number of carbonyl (C=O) groups excluding carboxylic acids is 1. The third kappa shape index (κ3) is 2.45. The number of likely N-dealkylation sites (N-methyl/N-ethyl adjacent to an activating group) is 1. The van der Waals surface area contributed by atoms with Crippen LogP contribution in [0.3, 0.4) is 0 Å². The number of fused-ring (bicyclic) bond motifs is 1. The maximum Gasteiger partial charge on any atom is 0.173 e. The van der Waals surface area contributed by atoms with Crippen molar-refractivity contribution in [3.8, 4) is 5.75 Å². The van der Waals surface area contributed by atoms with Gasteiger partial charge in [0.05, 0.1) is 31.3 Å². The standard InChI is InChI=1S/C16H21NO3/c1-2-17-14-10-19-9-13(14)15(18)12-7-3-5-11-6-4-8-20-16(11)12/h3,5,7,13-14,17H,2,4,6,8-10H2,1H3. The smallest absolute Gasteiger partial charge is 0.173 e. The van der Waals surface area contributed by atoms with Crippen LogP contribution in [0.5, 0.6) is 5.75 Å². The normalized spacial score (nSPS) is 25.1. The van der Waals surface area contributed by atoms with Gasteiger partial charge in [0, 0.05) is 6.04 Å². The molecule has 0 amide bonds. The number of rotatable bonds is 4. The molecule has 0 spiro atoms. The van der Waals surface area contributed by atoms with Crippen LogP contribution in [-0.4, -0.2) is 38.2 Å². The summed E-state index contributed by atoms with van der Waals surface area (Å²) in [6.45, 7) is 4.71. The molecule has 1 aromatic carbocycles. The second-order valence-corrected chi connectivity index (χ2v) is 5.42. The minimum Gasteiger partial charge on any atom is -0.493 e. The zero-order chi connectivity index (χ0) is 13.9. The Labute approximate surface area is 119 Å². The molecule has 20 heavy (non-hydrogen) atoms. The first-order valence-electron chi connectivity index (χ1n) is 7.41. The summed E-state index contributed by atoms with van der Waals surface area (Å²) in [4.78, 5) is 12.8. The fraction of sp³-hybridized carbons (Fsp3) is 0.562. The van der Waals surface area contributed by atoms with Gasteiger partial charge in [-0.1, -0.05) is 19.1 Å². The topological polar surface area (TPSA) is 47.6 Å². The number of hydrogen-bond acceptors (Lipinski definition) is 4. The Morgan fingerprint density at radius 2 is 2.30 bits per heavy atom. The number of Topliss-reactive ketones (excluding diaryl/α,β-unsaturated/α-hetero) is 1. The Kier molecular flexibility index (Phi) is 4.03. The first-order chi connectivity index (χ1) is 9.81. The molecule has 2 atom stereocenters. The van der Waals surface area contributed by atoms with Crippen LogP contribution in [0.15, 0.2) is 18.2 Å². The van der Waals surface area contributed by atoms with Gasteiger partial charge in [0.25, 0.3) is 0 Å². The minimum absolute atomic E-state index is 0.105. The lowest BCUT2D eigenvalue weighted by molar-refractivity contribution is 0.0886. The first kappa shape index (κ1) is 13.6. The van der Waals surface area contributed by atoms with Crippen LogP contribution in [0, 0.1) is 5.92 Å². The predicted molar refractivity (Wildman–Crippen MR) is 76.4 cm³/mol. The highest BCUT2D eigenvalue weighted by Crippen LogP contribution is 2.32. The second kappa shape index (κ2) is 5.94. The number of ether oxygens (including phenoxy) is 2. The van der Waals surface area contributed by atoms with E-state index >= 15 is 0 Å². The van der Waals surface area contributed by atoms with Gasteiger partial charge < -0.3 is 14.8 Å². The molecule has 4 heteroatoms. The fourth-order valence-corrected chi connectivity index (χ4v) is 3.06. The Morgan fingerprint density at radius 1 is 1.40 bits per heavy atom. The lowest BCUT2D eigenvalue weighted by Gasteiger charge is -2.22. The molecule has 2 aliphatic rings. The van der Waals surface area contributed by atoms with Gasteiger partial charge in [0.15, 0.2) is 5.78 Å². The number of carbonyl (C=O) groups is 1. The molecule has 0 radical (unpaired) electrons. The summed E-state index contributed by atoms with van der Waals surface area (Å²) in [5.41, 5.74) is 1.88. The molecule has 1 saturated heterocycles. The van der Waals surface area contributed by atoms with Gasteiger partial charge in [-0.25, -0.2) is 0 Å². The highest BCUT2D eigenvalue weighted by molar-refractivity contribution is 6.01. The number of aryl methyl sites for hydroxylation is 1. The van der Waals surface area contributed by atoms with E-state index in [1.807, 2.05) is 19.1 Å². The van der Waals surface area contributed by atoms with Crippen molar-refractivity contribution in [1.29, 1.82) is 0 Å². The van der Waals surface area contributed by atoms with Crippen molar-refractivity contribution in [3.05, 3.63) is 29.3 Å². The molecule has 108 valence electrons. The molecule has 2 unspecified atom stereocenters. The van der Waals surface area contributed by atoms with Gasteiger partial charge in [0.2, 0.25) is 0 Å². The molecular formula is C16H21NO3. The Morgan fingerprint density at radius 3 is 3.15 bits per heavy atom. The summed E-state index contributed by atoms with van der Waals surface area (Å²) >= 11 is 0. The molecule has 3 rings (SSSR count). The van der Waals surface area contributed by atoms with Crippen LogP contribution in [-0.2, 0) is 11.2 Å². The Bertz CT molecular complexity index is 500. The maximum atomic E-state index is 12.8. The van der Waals surface area contributed by atoms with Gasteiger partial charge >= 0.3 is 0 Å². The zero-order valence-corrected chi connectivity index (χ0v) is 11.9. The average Bonchev–Trinajstić information content (AvgIpc) is 2.94. The molecule has 1 N–H and O–H groups in total. The maximum absolute atomic E-state index is 12.8. The third-order valence-electron chi connectivity index (χ3n) is 4.08. The second-order valence-electron chi connectivity index (χ2n) is 5.42. The van der Waals surface area contributed by atoms with E-state index in [0.29, 0.717) is 19.8 Å². The summed E-state index contributed by atoms with van der Waals surface area (Å²) in [6.07, 6.45) is 2.02. The predicted octanol–water partition coefficient (Wildman–Crippen LogP) is 1.82. The quantitative estimate of drug-likeness (QED) is 0.852. The Balaban J connectivity index is 1.87. The number of nitrogens with one attached hydrogen (secondary N) is 1. The van der Waals surface area contributed by atoms with E-state index in [1.54, 1.807) is 0 Å². The van der Waals surface area contributed by atoms with Gasteiger partial charge in [-0.05, 0) is 31.0 Å². The zero-order valence-electron chi connectivity index (χ0n) is 11.9. The molecule has 1 fully saturated rings. The number of para-hydroxylation sites is 1. The van der Waals surface area contributed by atoms with Crippen LogP contribution in [0.1, 0.15) is 29.3 Å². The first-order valence-corrected chi connectivity index (χ1v) is 7.41. The summed E-state index contributed by atoms with van der Waals surface area (Å²) in [6, 6.07) is 6.01. The summed E-state index contributed by atoms with van der Waals surface area (Å²) in [5, 5.41) is 3.34. The highest BCUT2D eigenvalue weighted by Gasteiger charge is 2.35. The number of ketones is 1. The van der Waals surface area contributed by atoms with Gasteiger partial charge in [-0.3, -0.25) is 4.79 Å². The van der Waals surface area contributed by atoms with E-state index in [0.717, 1.165) is 36.3 Å². The molecule has 0 aliphatic carbocycles. The van der Waals surface area contributed by atoms with Crippen molar-refractivity contribution in [2.24, 2.45) is 5.92 Å². The van der Waals surface area contributed by atoms with Crippen molar-refractivity contribution < 1.29 is 14.3 Å². The molecule has 0 aromatic heterocycles. The van der Waals surface area contributed by atoms with Crippen molar-refractivity contribution in [2.45, 2.75) is 25.8 Å². The lowest BCUT2D eigenvalue weighted by Crippen LogP contribution is -2.39. The molecule has 2 heterocycles. The molecule has 0 bridgehead atoms. The summed E-state index contributed by atoms with van der Waals surface area (Å²) < 4.78 is 11.2. The molecule has 4 nitrogen and oxygen atoms in total. The SMILES string of the molecule is CCNC1COCC1C(=O)c1cccc2c1OCCC2. The van der Waals surface area contributed by atoms with E-state index in [-0.39, 0.29) is 17.7 Å². The van der Waals surface area contributed by atoms with E-state index in [2.05, 4.69) is 11.4 Å². The lowest BCUT2D eigenvalue weighted by atomic mass is 9.90. The summed E-state index contributed by atoms with van der Waals surface area (Å²) in [5.74, 6) is 0.838. The number of hydrogen-bond donors (Lipinski definition) is 1. The van der Waals surface area contributed by atoms with Crippen molar-refractivity contribution >= 4 is 5.78 Å². The molecule has 0 saturated carbocycles. The van der Waals surface area contributed by atoms with E-state index in [1.165, 1.54) is 0 Å². The average molecular weight is 275 g/mol. The van der Waals surface area contributed by atoms with Gasteiger partial charge in [-0.2, -0.15) is 0 Å². The third-order valence-corrected chi connectivity index (χ3v) is 4.08. The molecule has 1 aromatic rings. The van der Waals surface area contributed by atoms with Crippen LogP contribution >= 0.6 is 0 Å². The number of benzene rings is 1. The largest absolute Gasteiger partial charge is 0.493 e. The monoisotopic (exact) mass is 275 g/mol. The van der Waals surface area contributed by atoms with Crippen LogP contribution in [0.4, 0.5) is 0 Å².